The van der Waals surface area contributed by atoms with Crippen LogP contribution in [0.25, 0.3) is 0 Å². The lowest BCUT2D eigenvalue weighted by Crippen LogP contribution is -2.50. The molecular weight excluding hydrogens is 350 g/mol. The van der Waals surface area contributed by atoms with E-state index in [-0.39, 0.29) is 12.1 Å². The summed E-state index contributed by atoms with van der Waals surface area (Å²) in [5, 5.41) is 3.50. The average molecular weight is 382 g/mol. The van der Waals surface area contributed by atoms with Crippen molar-refractivity contribution >= 4 is 6.09 Å². The third kappa shape index (κ3) is 5.10. The van der Waals surface area contributed by atoms with Crippen LogP contribution in [0.5, 0.6) is 0 Å². The Bertz CT molecular complexity index is 842. The highest BCUT2D eigenvalue weighted by Gasteiger charge is 2.32. The maximum atomic E-state index is 12.8. The standard InChI is InChI=1S/C23H31N3O2/c1-16-10-17(2)21(25-12-16)14-24-13-20-11-18-8-6-7-9-19(18)15-26(20)22(27)28-23(3,4)5/h6-10,12,20,24H,11,13-15H2,1-5H3/t20-/m1/s1. The van der Waals surface area contributed by atoms with E-state index < -0.39 is 5.60 Å². The largest absolute Gasteiger partial charge is 0.444 e. The summed E-state index contributed by atoms with van der Waals surface area (Å²) in [5.74, 6) is 0. The first-order valence-electron chi connectivity index (χ1n) is 9.92. The van der Waals surface area contributed by atoms with Crippen LogP contribution in [-0.2, 0) is 24.2 Å². The Morgan fingerprint density at radius 2 is 1.96 bits per heavy atom. The summed E-state index contributed by atoms with van der Waals surface area (Å²) < 4.78 is 5.67. The summed E-state index contributed by atoms with van der Waals surface area (Å²) in [5.41, 5.74) is 5.39. The number of amides is 1. The van der Waals surface area contributed by atoms with Crippen molar-refractivity contribution < 1.29 is 9.53 Å². The normalized spacial score (nSPS) is 16.6. The van der Waals surface area contributed by atoms with E-state index >= 15 is 0 Å². The Morgan fingerprint density at radius 3 is 2.64 bits per heavy atom. The van der Waals surface area contributed by atoms with Crippen molar-refractivity contribution in [3.05, 3.63) is 64.5 Å². The fraction of sp³-hybridized carbons (Fsp3) is 0.478. The number of aryl methyl sites for hydroxylation is 2. The molecule has 0 radical (unpaired) electrons. The molecule has 0 aliphatic carbocycles. The molecule has 1 aliphatic rings. The first-order chi connectivity index (χ1) is 13.2. The first kappa shape index (κ1) is 20.3. The minimum atomic E-state index is -0.505. The Morgan fingerprint density at radius 1 is 1.25 bits per heavy atom. The van der Waals surface area contributed by atoms with Crippen molar-refractivity contribution in [2.24, 2.45) is 0 Å². The van der Waals surface area contributed by atoms with Crippen LogP contribution in [-0.4, -0.2) is 34.2 Å². The van der Waals surface area contributed by atoms with Gasteiger partial charge in [0.25, 0.3) is 0 Å². The van der Waals surface area contributed by atoms with Crippen molar-refractivity contribution in [3.8, 4) is 0 Å². The van der Waals surface area contributed by atoms with Crippen LogP contribution in [0.1, 0.15) is 48.7 Å². The molecule has 0 saturated carbocycles. The first-order valence-corrected chi connectivity index (χ1v) is 9.92. The summed E-state index contributed by atoms with van der Waals surface area (Å²) in [6, 6.07) is 10.5. The highest BCUT2D eigenvalue weighted by Crippen LogP contribution is 2.25. The number of pyridine rings is 1. The van der Waals surface area contributed by atoms with Gasteiger partial charge in [-0.3, -0.25) is 9.88 Å². The summed E-state index contributed by atoms with van der Waals surface area (Å²) in [6.07, 6.45) is 2.47. The topological polar surface area (TPSA) is 54.5 Å². The monoisotopic (exact) mass is 381 g/mol. The molecular formula is C23H31N3O2. The van der Waals surface area contributed by atoms with Gasteiger partial charge in [-0.15, -0.1) is 0 Å². The van der Waals surface area contributed by atoms with Crippen LogP contribution in [0.4, 0.5) is 4.79 Å². The number of benzene rings is 1. The fourth-order valence-electron chi connectivity index (χ4n) is 3.59. The van der Waals surface area contributed by atoms with Crippen LogP contribution >= 0.6 is 0 Å². The zero-order chi connectivity index (χ0) is 20.3. The van der Waals surface area contributed by atoms with Gasteiger partial charge in [-0.25, -0.2) is 4.79 Å². The number of nitrogens with one attached hydrogen (secondary N) is 1. The van der Waals surface area contributed by atoms with Gasteiger partial charge in [0.15, 0.2) is 0 Å². The molecule has 0 fully saturated rings. The average Bonchev–Trinajstić information content (AvgIpc) is 2.61. The van der Waals surface area contributed by atoms with Crippen molar-refractivity contribution in [1.29, 1.82) is 0 Å². The lowest BCUT2D eigenvalue weighted by atomic mass is 9.94. The second kappa shape index (κ2) is 8.31. The van der Waals surface area contributed by atoms with Crippen molar-refractivity contribution in [2.75, 3.05) is 6.54 Å². The number of aromatic nitrogens is 1. The fourth-order valence-corrected chi connectivity index (χ4v) is 3.59. The molecule has 1 aliphatic heterocycles. The van der Waals surface area contributed by atoms with Gasteiger partial charge >= 0.3 is 6.09 Å². The second-order valence-corrected chi connectivity index (χ2v) is 8.64. The van der Waals surface area contributed by atoms with Crippen LogP contribution in [0.2, 0.25) is 0 Å². The number of hydrogen-bond donors (Lipinski definition) is 1. The third-order valence-corrected chi connectivity index (χ3v) is 4.98. The second-order valence-electron chi connectivity index (χ2n) is 8.64. The van der Waals surface area contributed by atoms with Gasteiger partial charge in [0.1, 0.15) is 5.60 Å². The molecule has 5 nitrogen and oxygen atoms in total. The van der Waals surface area contributed by atoms with E-state index in [0.29, 0.717) is 19.6 Å². The number of nitrogens with zero attached hydrogens (tertiary/aromatic N) is 2. The molecule has 2 heterocycles. The third-order valence-electron chi connectivity index (χ3n) is 4.98. The van der Waals surface area contributed by atoms with Gasteiger partial charge in [-0.05, 0) is 63.3 Å². The quantitative estimate of drug-likeness (QED) is 0.864. The molecule has 0 unspecified atom stereocenters. The number of rotatable bonds is 4. The van der Waals surface area contributed by atoms with Gasteiger partial charge < -0.3 is 10.1 Å². The molecule has 0 spiro atoms. The highest BCUT2D eigenvalue weighted by atomic mass is 16.6. The molecule has 0 saturated heterocycles. The van der Waals surface area contributed by atoms with Crippen molar-refractivity contribution in [3.63, 3.8) is 0 Å². The smallest absolute Gasteiger partial charge is 0.410 e. The van der Waals surface area contributed by atoms with Crippen LogP contribution in [0, 0.1) is 13.8 Å². The Balaban J connectivity index is 1.71. The van der Waals surface area contributed by atoms with E-state index in [1.54, 1.807) is 0 Å². The van der Waals surface area contributed by atoms with Gasteiger partial charge in [0.2, 0.25) is 0 Å². The van der Waals surface area contributed by atoms with Gasteiger partial charge in [-0.1, -0.05) is 30.3 Å². The number of fused-ring (bicyclic) bond motifs is 1. The Kier molecular flexibility index (Phi) is 6.04. The summed E-state index contributed by atoms with van der Waals surface area (Å²) in [7, 11) is 0. The van der Waals surface area contributed by atoms with Crippen LogP contribution in [0.15, 0.2) is 36.5 Å². The van der Waals surface area contributed by atoms with E-state index in [0.717, 1.165) is 12.1 Å². The number of carbonyl (C=O) groups excluding carboxylic acids is 1. The number of carbonyl (C=O) groups is 1. The van der Waals surface area contributed by atoms with Crippen molar-refractivity contribution in [1.82, 2.24) is 15.2 Å². The maximum absolute atomic E-state index is 12.8. The molecule has 1 N–H and O–H groups in total. The van der Waals surface area contributed by atoms with Crippen LogP contribution in [0.3, 0.4) is 0 Å². The highest BCUT2D eigenvalue weighted by molar-refractivity contribution is 5.69. The van der Waals surface area contributed by atoms with Crippen LogP contribution < -0.4 is 5.32 Å². The van der Waals surface area contributed by atoms with Gasteiger partial charge in [0, 0.05) is 25.8 Å². The Hall–Kier alpha value is -2.40. The zero-order valence-corrected chi connectivity index (χ0v) is 17.6. The van der Waals surface area contributed by atoms with E-state index in [1.165, 1.54) is 22.3 Å². The van der Waals surface area contributed by atoms with Crippen molar-refractivity contribution in [2.45, 2.75) is 65.8 Å². The predicted molar refractivity (Wildman–Crippen MR) is 111 cm³/mol. The molecule has 28 heavy (non-hydrogen) atoms. The van der Waals surface area contributed by atoms with Gasteiger partial charge in [-0.2, -0.15) is 0 Å². The molecule has 3 rings (SSSR count). The molecule has 1 aromatic heterocycles. The molecule has 5 heteroatoms. The summed E-state index contributed by atoms with van der Waals surface area (Å²) in [6.45, 7) is 11.8. The molecule has 150 valence electrons. The summed E-state index contributed by atoms with van der Waals surface area (Å²) >= 11 is 0. The molecule has 1 amide bonds. The molecule has 1 atom stereocenters. The lowest BCUT2D eigenvalue weighted by Gasteiger charge is -2.38. The van der Waals surface area contributed by atoms with E-state index in [1.807, 2.05) is 37.9 Å². The minimum Gasteiger partial charge on any atom is -0.444 e. The molecule has 1 aromatic carbocycles. The summed E-state index contributed by atoms with van der Waals surface area (Å²) in [4.78, 5) is 19.2. The molecule has 2 aromatic rings. The van der Waals surface area contributed by atoms with E-state index in [2.05, 4.69) is 48.4 Å². The minimum absolute atomic E-state index is 0.0514. The predicted octanol–water partition coefficient (Wildman–Crippen LogP) is 4.15. The van der Waals surface area contributed by atoms with E-state index in [4.69, 9.17) is 4.74 Å². The number of ether oxygens (including phenoxy) is 1. The Labute approximate surface area is 168 Å². The number of hydrogen-bond acceptors (Lipinski definition) is 4. The van der Waals surface area contributed by atoms with E-state index in [9.17, 15) is 4.79 Å². The zero-order valence-electron chi connectivity index (χ0n) is 17.6. The maximum Gasteiger partial charge on any atom is 0.410 e. The SMILES string of the molecule is Cc1cnc(CNC[C@H]2Cc3ccccc3CN2C(=O)OC(C)(C)C)c(C)c1. The molecule has 0 bridgehead atoms. The lowest BCUT2D eigenvalue weighted by molar-refractivity contribution is 0.0119. The van der Waals surface area contributed by atoms with Gasteiger partial charge in [0.05, 0.1) is 11.7 Å².